The van der Waals surface area contributed by atoms with E-state index in [-0.39, 0.29) is 11.4 Å². The van der Waals surface area contributed by atoms with Crippen molar-refractivity contribution in [1.82, 2.24) is 25.0 Å². The quantitative estimate of drug-likeness (QED) is 0.286. The maximum atomic E-state index is 12.6. The van der Waals surface area contributed by atoms with Crippen molar-refractivity contribution in [3.63, 3.8) is 0 Å². The van der Waals surface area contributed by atoms with Gasteiger partial charge < -0.3 is 4.74 Å². The average molecular weight is 413 g/mol. The second-order valence-electron chi connectivity index (χ2n) is 5.99. The highest BCUT2D eigenvalue weighted by Crippen LogP contribution is 2.36. The fraction of sp³-hybridized carbons (Fsp3) is 0.222. The molecule has 0 unspecified atom stereocenters. The fourth-order valence-electron chi connectivity index (χ4n) is 2.83. The first-order chi connectivity index (χ1) is 13.5. The van der Waals surface area contributed by atoms with Gasteiger partial charge in [-0.2, -0.15) is 4.68 Å². The van der Waals surface area contributed by atoms with Crippen LogP contribution in [0.3, 0.4) is 0 Å². The van der Waals surface area contributed by atoms with E-state index < -0.39 is 5.97 Å². The van der Waals surface area contributed by atoms with Crippen molar-refractivity contribution in [2.75, 3.05) is 7.11 Å². The molecule has 10 heteroatoms. The van der Waals surface area contributed by atoms with Gasteiger partial charge in [0.25, 0.3) is 5.56 Å². The Kier molecular flexibility index (Phi) is 4.82. The van der Waals surface area contributed by atoms with Crippen molar-refractivity contribution in [3.05, 3.63) is 50.9 Å². The Balaban J connectivity index is 1.74. The topological polar surface area (TPSA) is 99.9 Å². The van der Waals surface area contributed by atoms with Gasteiger partial charge in [0.15, 0.2) is 0 Å². The lowest BCUT2D eigenvalue weighted by Gasteiger charge is -2.07. The second kappa shape index (κ2) is 7.28. The highest BCUT2D eigenvalue weighted by molar-refractivity contribution is 7.98. The number of aryl methyl sites for hydroxylation is 2. The Morgan fingerprint density at radius 3 is 2.82 bits per heavy atom. The van der Waals surface area contributed by atoms with E-state index in [1.54, 1.807) is 25.1 Å². The molecule has 3 heterocycles. The lowest BCUT2D eigenvalue weighted by Crippen LogP contribution is -2.23. The van der Waals surface area contributed by atoms with Gasteiger partial charge in [-0.15, -0.1) is 16.4 Å². The number of nitrogens with zero attached hydrogens (tertiary/aromatic N) is 5. The van der Waals surface area contributed by atoms with Crippen LogP contribution in [0.2, 0.25) is 0 Å². The van der Waals surface area contributed by atoms with E-state index in [4.69, 9.17) is 4.74 Å². The lowest BCUT2D eigenvalue weighted by molar-refractivity contribution is 0.0605. The SMILES string of the molecule is COC(=O)c1sc2nc(C)nc(SCn3nnc4ccccc4c3=O)c2c1C. The molecular weight excluding hydrogens is 398 g/mol. The minimum Gasteiger partial charge on any atom is -0.465 e. The third-order valence-electron chi connectivity index (χ3n) is 4.19. The first kappa shape index (κ1) is 18.5. The van der Waals surface area contributed by atoms with Crippen molar-refractivity contribution < 1.29 is 9.53 Å². The zero-order valence-corrected chi connectivity index (χ0v) is 16.9. The molecule has 8 nitrogen and oxygen atoms in total. The number of hydrogen-bond donors (Lipinski definition) is 0. The van der Waals surface area contributed by atoms with Crippen molar-refractivity contribution >= 4 is 50.2 Å². The number of ether oxygens (including phenoxy) is 1. The predicted molar refractivity (Wildman–Crippen MR) is 108 cm³/mol. The van der Waals surface area contributed by atoms with Crippen LogP contribution in [0.4, 0.5) is 0 Å². The number of methoxy groups -OCH3 is 1. The molecule has 0 N–H and O–H groups in total. The van der Waals surface area contributed by atoms with Crippen molar-refractivity contribution in [2.24, 2.45) is 0 Å². The lowest BCUT2D eigenvalue weighted by atomic mass is 10.2. The normalized spacial score (nSPS) is 11.2. The minimum absolute atomic E-state index is 0.211. The number of thiophene rings is 1. The number of aromatic nitrogens is 5. The van der Waals surface area contributed by atoms with E-state index in [1.807, 2.05) is 13.0 Å². The summed E-state index contributed by atoms with van der Waals surface area (Å²) in [5.41, 5.74) is 1.12. The highest BCUT2D eigenvalue weighted by atomic mass is 32.2. The molecule has 4 rings (SSSR count). The molecule has 0 aliphatic heterocycles. The summed E-state index contributed by atoms with van der Waals surface area (Å²) in [5, 5.41) is 10.1. The Morgan fingerprint density at radius 2 is 2.04 bits per heavy atom. The van der Waals surface area contributed by atoms with E-state index in [0.717, 1.165) is 10.9 Å². The molecule has 0 bridgehead atoms. The van der Waals surface area contributed by atoms with Crippen molar-refractivity contribution in [2.45, 2.75) is 24.8 Å². The molecule has 28 heavy (non-hydrogen) atoms. The maximum Gasteiger partial charge on any atom is 0.348 e. The molecule has 0 saturated carbocycles. The molecule has 0 amide bonds. The van der Waals surface area contributed by atoms with Crippen molar-refractivity contribution in [3.8, 4) is 0 Å². The summed E-state index contributed by atoms with van der Waals surface area (Å²) in [4.78, 5) is 34.8. The number of rotatable bonds is 4. The average Bonchev–Trinajstić information content (AvgIpc) is 3.03. The van der Waals surface area contributed by atoms with E-state index in [1.165, 1.54) is 34.9 Å². The van der Waals surface area contributed by atoms with Crippen LogP contribution >= 0.6 is 23.1 Å². The number of fused-ring (bicyclic) bond motifs is 2. The summed E-state index contributed by atoms with van der Waals surface area (Å²) in [7, 11) is 1.35. The summed E-state index contributed by atoms with van der Waals surface area (Å²) in [6, 6.07) is 7.09. The van der Waals surface area contributed by atoms with Crippen LogP contribution in [0.1, 0.15) is 21.1 Å². The fourth-order valence-corrected chi connectivity index (χ4v) is 5.04. The largest absolute Gasteiger partial charge is 0.465 e. The third kappa shape index (κ3) is 3.14. The van der Waals surface area contributed by atoms with Gasteiger partial charge >= 0.3 is 5.97 Å². The number of benzene rings is 1. The van der Waals surface area contributed by atoms with Crippen LogP contribution in [0.25, 0.3) is 21.1 Å². The molecule has 0 atom stereocenters. The van der Waals surface area contributed by atoms with Crippen LogP contribution in [0.15, 0.2) is 34.1 Å². The number of esters is 1. The van der Waals surface area contributed by atoms with E-state index in [2.05, 4.69) is 20.3 Å². The zero-order valence-electron chi connectivity index (χ0n) is 15.3. The minimum atomic E-state index is -0.397. The molecule has 0 spiro atoms. The Morgan fingerprint density at radius 1 is 1.25 bits per heavy atom. The predicted octanol–water partition coefficient (Wildman–Crippen LogP) is 2.95. The van der Waals surface area contributed by atoms with Gasteiger partial charge in [-0.3, -0.25) is 4.79 Å². The van der Waals surface area contributed by atoms with Crippen LogP contribution in [-0.2, 0) is 10.6 Å². The first-order valence-electron chi connectivity index (χ1n) is 8.31. The maximum absolute atomic E-state index is 12.6. The van der Waals surface area contributed by atoms with E-state index in [9.17, 15) is 9.59 Å². The summed E-state index contributed by atoms with van der Waals surface area (Å²) in [6.07, 6.45) is 0. The summed E-state index contributed by atoms with van der Waals surface area (Å²) in [6.45, 7) is 3.63. The molecule has 4 aromatic rings. The van der Waals surface area contributed by atoms with Crippen molar-refractivity contribution in [1.29, 1.82) is 0 Å². The monoisotopic (exact) mass is 413 g/mol. The molecule has 142 valence electrons. The second-order valence-corrected chi connectivity index (χ2v) is 7.92. The molecular formula is C18H15N5O3S2. The number of thioether (sulfide) groups is 1. The van der Waals surface area contributed by atoms with Gasteiger partial charge in [-0.05, 0) is 31.5 Å². The third-order valence-corrected chi connectivity index (χ3v) is 6.30. The number of hydrogen-bond acceptors (Lipinski definition) is 9. The molecule has 0 radical (unpaired) electrons. The summed E-state index contributed by atoms with van der Waals surface area (Å²) >= 11 is 2.63. The van der Waals surface area contributed by atoms with Gasteiger partial charge in [0.1, 0.15) is 26.1 Å². The Hall–Kier alpha value is -2.85. The highest BCUT2D eigenvalue weighted by Gasteiger charge is 2.21. The first-order valence-corrected chi connectivity index (χ1v) is 10.1. The van der Waals surface area contributed by atoms with Crippen LogP contribution < -0.4 is 5.56 Å². The zero-order chi connectivity index (χ0) is 19.8. The molecule has 0 saturated heterocycles. The van der Waals surface area contributed by atoms with Crippen LogP contribution in [0, 0.1) is 13.8 Å². The van der Waals surface area contributed by atoms with E-state index in [0.29, 0.717) is 31.5 Å². The number of carbonyl (C=O) groups is 1. The van der Waals surface area contributed by atoms with Gasteiger partial charge in [0.05, 0.1) is 18.4 Å². The molecule has 0 aliphatic rings. The smallest absolute Gasteiger partial charge is 0.348 e. The van der Waals surface area contributed by atoms with Crippen LogP contribution in [-0.4, -0.2) is 38.0 Å². The standard InChI is InChI=1S/C18H15N5O3S2/c1-9-13-15(19-10(2)20-16(13)28-14(9)18(25)26-3)27-8-23-17(24)11-6-4-5-7-12(11)21-22-23/h4-7H,8H2,1-3H3. The van der Waals surface area contributed by atoms with Gasteiger partial charge in [-0.25, -0.2) is 14.8 Å². The van der Waals surface area contributed by atoms with Gasteiger partial charge in [0.2, 0.25) is 0 Å². The Labute approximate surface area is 167 Å². The Bertz CT molecular complexity index is 1280. The van der Waals surface area contributed by atoms with E-state index >= 15 is 0 Å². The molecule has 0 aliphatic carbocycles. The molecule has 1 aromatic carbocycles. The summed E-state index contributed by atoms with van der Waals surface area (Å²) < 4.78 is 6.16. The summed E-state index contributed by atoms with van der Waals surface area (Å²) in [5.74, 6) is 0.431. The molecule has 3 aromatic heterocycles. The van der Waals surface area contributed by atoms with Gasteiger partial charge in [0, 0.05) is 5.39 Å². The molecule has 0 fully saturated rings. The van der Waals surface area contributed by atoms with Crippen LogP contribution in [0.5, 0.6) is 0 Å². The van der Waals surface area contributed by atoms with Gasteiger partial charge in [-0.1, -0.05) is 29.1 Å². The number of carbonyl (C=O) groups excluding carboxylic acids is 1.